The molecule has 1 unspecified atom stereocenters. The third-order valence-electron chi connectivity index (χ3n) is 3.35. The normalized spacial score (nSPS) is 11.8. The van der Waals surface area contributed by atoms with E-state index in [-0.39, 0.29) is 11.7 Å². The molecule has 0 saturated heterocycles. The fourth-order valence-electron chi connectivity index (χ4n) is 2.10. The van der Waals surface area contributed by atoms with Gasteiger partial charge in [0.15, 0.2) is 0 Å². The van der Waals surface area contributed by atoms with Crippen LogP contribution in [0.1, 0.15) is 18.1 Å². The summed E-state index contributed by atoms with van der Waals surface area (Å²) >= 11 is 0. The third kappa shape index (κ3) is 3.81. The Morgan fingerprint density at radius 1 is 1.05 bits per heavy atom. The van der Waals surface area contributed by atoms with Gasteiger partial charge in [-0.2, -0.15) is 0 Å². The van der Waals surface area contributed by atoms with Crippen LogP contribution in [0.5, 0.6) is 0 Å². The summed E-state index contributed by atoms with van der Waals surface area (Å²) < 4.78 is 12.9. The topological polar surface area (TPSA) is 41.1 Å². The summed E-state index contributed by atoms with van der Waals surface area (Å²) in [4.78, 5) is 12.2. The van der Waals surface area contributed by atoms with Gasteiger partial charge in [0.2, 0.25) is 5.91 Å². The van der Waals surface area contributed by atoms with Gasteiger partial charge in [0.25, 0.3) is 0 Å². The molecule has 110 valence electrons. The van der Waals surface area contributed by atoms with Crippen molar-refractivity contribution in [3.05, 3.63) is 59.4 Å². The molecule has 0 fully saturated rings. The molecule has 2 aromatic rings. The van der Waals surface area contributed by atoms with Crippen LogP contribution in [0, 0.1) is 19.7 Å². The molecule has 0 aromatic heterocycles. The number of aryl methyl sites for hydroxylation is 2. The molecule has 0 spiro atoms. The third-order valence-corrected chi connectivity index (χ3v) is 3.35. The van der Waals surface area contributed by atoms with Gasteiger partial charge in [-0.15, -0.1) is 0 Å². The Morgan fingerprint density at radius 2 is 1.62 bits per heavy atom. The lowest BCUT2D eigenvalue weighted by Crippen LogP contribution is -2.32. The van der Waals surface area contributed by atoms with Crippen molar-refractivity contribution in [2.24, 2.45) is 0 Å². The first-order chi connectivity index (χ1) is 9.97. The predicted octanol–water partition coefficient (Wildman–Crippen LogP) is 3.88. The number of para-hydroxylation sites is 1. The zero-order chi connectivity index (χ0) is 15.4. The molecule has 0 aliphatic heterocycles. The van der Waals surface area contributed by atoms with E-state index in [0.29, 0.717) is 5.69 Å². The van der Waals surface area contributed by atoms with Crippen molar-refractivity contribution >= 4 is 17.3 Å². The van der Waals surface area contributed by atoms with Crippen molar-refractivity contribution in [2.75, 3.05) is 10.6 Å². The minimum Gasteiger partial charge on any atom is -0.374 e. The molecule has 0 heterocycles. The Kier molecular flexibility index (Phi) is 4.58. The summed E-state index contributed by atoms with van der Waals surface area (Å²) in [6, 6.07) is 11.4. The lowest BCUT2D eigenvalue weighted by molar-refractivity contribution is -0.116. The second-order valence-electron chi connectivity index (χ2n) is 5.13. The molecule has 21 heavy (non-hydrogen) atoms. The smallest absolute Gasteiger partial charge is 0.246 e. The summed E-state index contributed by atoms with van der Waals surface area (Å²) in [6.45, 7) is 5.69. The van der Waals surface area contributed by atoms with Crippen LogP contribution in [0.15, 0.2) is 42.5 Å². The molecule has 2 rings (SSSR count). The Bertz CT molecular complexity index is 617. The largest absolute Gasteiger partial charge is 0.374 e. The number of hydrogen-bond acceptors (Lipinski definition) is 2. The number of nitrogens with one attached hydrogen (secondary N) is 2. The van der Waals surface area contributed by atoms with Gasteiger partial charge in [-0.3, -0.25) is 4.79 Å². The summed E-state index contributed by atoms with van der Waals surface area (Å²) in [6.07, 6.45) is 0. The van der Waals surface area contributed by atoms with E-state index in [4.69, 9.17) is 0 Å². The van der Waals surface area contributed by atoms with Crippen molar-refractivity contribution in [2.45, 2.75) is 26.8 Å². The molecule has 0 saturated carbocycles. The molecule has 1 atom stereocenters. The fourth-order valence-corrected chi connectivity index (χ4v) is 2.10. The fraction of sp³-hybridized carbons (Fsp3) is 0.235. The number of amides is 1. The highest BCUT2D eigenvalue weighted by molar-refractivity contribution is 5.97. The summed E-state index contributed by atoms with van der Waals surface area (Å²) in [7, 11) is 0. The molecule has 2 aromatic carbocycles. The van der Waals surface area contributed by atoms with Crippen LogP contribution in [-0.4, -0.2) is 11.9 Å². The molecule has 4 heteroatoms. The SMILES string of the molecule is Cc1cccc(C)c1NC(=O)C(C)Nc1ccc(F)cc1. The zero-order valence-electron chi connectivity index (χ0n) is 12.4. The van der Waals surface area contributed by atoms with E-state index < -0.39 is 6.04 Å². The van der Waals surface area contributed by atoms with E-state index in [1.54, 1.807) is 19.1 Å². The first-order valence-corrected chi connectivity index (χ1v) is 6.86. The molecule has 0 aliphatic rings. The highest BCUT2D eigenvalue weighted by Crippen LogP contribution is 2.20. The van der Waals surface area contributed by atoms with Crippen LogP contribution in [0.25, 0.3) is 0 Å². The van der Waals surface area contributed by atoms with Gasteiger partial charge in [-0.1, -0.05) is 18.2 Å². The molecular formula is C17H19FN2O. The van der Waals surface area contributed by atoms with Gasteiger partial charge in [-0.25, -0.2) is 4.39 Å². The molecule has 0 aliphatic carbocycles. The number of carbonyl (C=O) groups excluding carboxylic acids is 1. The van der Waals surface area contributed by atoms with Crippen molar-refractivity contribution in [1.29, 1.82) is 0 Å². The lowest BCUT2D eigenvalue weighted by atomic mass is 10.1. The molecule has 0 bridgehead atoms. The van der Waals surface area contributed by atoms with Gasteiger partial charge < -0.3 is 10.6 Å². The first kappa shape index (κ1) is 15.0. The monoisotopic (exact) mass is 286 g/mol. The number of halogens is 1. The van der Waals surface area contributed by atoms with Gasteiger partial charge in [0, 0.05) is 11.4 Å². The van der Waals surface area contributed by atoms with E-state index in [1.165, 1.54) is 12.1 Å². The molecule has 3 nitrogen and oxygen atoms in total. The Hall–Kier alpha value is -2.36. The minimum absolute atomic E-state index is 0.128. The zero-order valence-corrected chi connectivity index (χ0v) is 12.4. The van der Waals surface area contributed by atoms with Gasteiger partial charge in [-0.05, 0) is 56.2 Å². The van der Waals surface area contributed by atoms with Crippen molar-refractivity contribution in [1.82, 2.24) is 0 Å². The molecule has 1 amide bonds. The summed E-state index contributed by atoms with van der Waals surface area (Å²) in [5.74, 6) is -0.426. The second-order valence-corrected chi connectivity index (χ2v) is 5.13. The summed E-state index contributed by atoms with van der Waals surface area (Å²) in [5.41, 5.74) is 3.60. The van der Waals surface area contributed by atoms with E-state index in [9.17, 15) is 9.18 Å². The van der Waals surface area contributed by atoms with Gasteiger partial charge in [0.05, 0.1) is 0 Å². The van der Waals surface area contributed by atoms with Gasteiger partial charge in [0.1, 0.15) is 11.9 Å². The maximum atomic E-state index is 12.9. The number of hydrogen-bond donors (Lipinski definition) is 2. The molecule has 2 N–H and O–H groups in total. The second kappa shape index (κ2) is 6.39. The van der Waals surface area contributed by atoms with Crippen molar-refractivity contribution < 1.29 is 9.18 Å². The Labute approximate surface area is 124 Å². The van der Waals surface area contributed by atoms with Crippen LogP contribution in [-0.2, 0) is 4.79 Å². The van der Waals surface area contributed by atoms with E-state index in [1.807, 2.05) is 32.0 Å². The average molecular weight is 286 g/mol. The Morgan fingerprint density at radius 3 is 2.19 bits per heavy atom. The summed E-state index contributed by atoms with van der Waals surface area (Å²) in [5, 5.41) is 5.98. The lowest BCUT2D eigenvalue weighted by Gasteiger charge is -2.17. The highest BCUT2D eigenvalue weighted by Gasteiger charge is 2.14. The first-order valence-electron chi connectivity index (χ1n) is 6.86. The van der Waals surface area contributed by atoms with Crippen LogP contribution in [0.4, 0.5) is 15.8 Å². The number of anilines is 2. The van der Waals surface area contributed by atoms with Crippen LogP contribution >= 0.6 is 0 Å². The van der Waals surface area contributed by atoms with E-state index in [2.05, 4.69) is 10.6 Å². The van der Waals surface area contributed by atoms with E-state index >= 15 is 0 Å². The standard InChI is InChI=1S/C17H19FN2O/c1-11-5-4-6-12(2)16(11)20-17(21)13(3)19-15-9-7-14(18)8-10-15/h4-10,13,19H,1-3H3,(H,20,21). The average Bonchev–Trinajstić information content (AvgIpc) is 2.45. The Balaban J connectivity index is 2.04. The maximum absolute atomic E-state index is 12.9. The molecule has 0 radical (unpaired) electrons. The predicted molar refractivity (Wildman–Crippen MR) is 84.0 cm³/mol. The maximum Gasteiger partial charge on any atom is 0.246 e. The van der Waals surface area contributed by atoms with Crippen molar-refractivity contribution in [3.63, 3.8) is 0 Å². The van der Waals surface area contributed by atoms with Crippen LogP contribution < -0.4 is 10.6 Å². The van der Waals surface area contributed by atoms with E-state index in [0.717, 1.165) is 16.8 Å². The molecular weight excluding hydrogens is 267 g/mol. The number of rotatable bonds is 4. The van der Waals surface area contributed by atoms with Crippen LogP contribution in [0.3, 0.4) is 0 Å². The van der Waals surface area contributed by atoms with Crippen LogP contribution in [0.2, 0.25) is 0 Å². The minimum atomic E-state index is -0.422. The highest BCUT2D eigenvalue weighted by atomic mass is 19.1. The number of carbonyl (C=O) groups is 1. The van der Waals surface area contributed by atoms with Gasteiger partial charge >= 0.3 is 0 Å². The quantitative estimate of drug-likeness (QED) is 0.895. The number of benzene rings is 2. The van der Waals surface area contributed by atoms with Crippen molar-refractivity contribution in [3.8, 4) is 0 Å².